The molecule has 0 aliphatic heterocycles. The number of aliphatic carboxylic acids is 1. The highest BCUT2D eigenvalue weighted by molar-refractivity contribution is 6.30. The van der Waals surface area contributed by atoms with E-state index >= 15 is 0 Å². The van der Waals surface area contributed by atoms with Crippen LogP contribution in [0.15, 0.2) is 72.8 Å². The molecule has 3 aromatic rings. The van der Waals surface area contributed by atoms with Gasteiger partial charge in [-0.1, -0.05) is 23.7 Å². The number of hydrogen-bond donors (Lipinski definition) is 2. The first-order valence-corrected chi connectivity index (χ1v) is 11.1. The molecule has 0 radical (unpaired) electrons. The van der Waals surface area contributed by atoms with Gasteiger partial charge in [0.2, 0.25) is 12.2 Å². The van der Waals surface area contributed by atoms with E-state index in [4.69, 9.17) is 30.5 Å². The monoisotopic (exact) mass is 527 g/mol. The lowest BCUT2D eigenvalue weighted by molar-refractivity contribution is -0.157. The molecule has 0 heterocycles. The Morgan fingerprint density at radius 1 is 0.757 bits per heavy atom. The van der Waals surface area contributed by atoms with Crippen molar-refractivity contribution in [3.63, 3.8) is 0 Å². The molecule has 1 amide bonds. The van der Waals surface area contributed by atoms with Crippen molar-refractivity contribution in [1.29, 1.82) is 0 Å². The Morgan fingerprint density at radius 3 is 1.70 bits per heavy atom. The third kappa shape index (κ3) is 7.21. The number of rotatable bonds is 10. The molecule has 37 heavy (non-hydrogen) atoms. The second-order valence-corrected chi connectivity index (χ2v) is 7.89. The Labute approximate surface area is 216 Å². The van der Waals surface area contributed by atoms with Crippen LogP contribution in [0, 0.1) is 0 Å². The molecule has 0 fully saturated rings. The average Bonchev–Trinajstić information content (AvgIpc) is 2.91. The molecule has 0 aliphatic rings. The number of carboxylic acids is 1. The molecule has 3 rings (SSSR count). The molecule has 2 N–H and O–H groups in total. The van der Waals surface area contributed by atoms with Gasteiger partial charge in [-0.3, -0.25) is 4.79 Å². The van der Waals surface area contributed by atoms with Crippen LogP contribution in [0.4, 0.5) is 5.69 Å². The first-order chi connectivity index (χ1) is 17.7. The van der Waals surface area contributed by atoms with Gasteiger partial charge >= 0.3 is 17.9 Å². The minimum atomic E-state index is -2.19. The van der Waals surface area contributed by atoms with Gasteiger partial charge < -0.3 is 29.4 Å². The number of amides is 1. The van der Waals surface area contributed by atoms with Crippen LogP contribution in [0.3, 0.4) is 0 Å². The molecule has 0 bridgehead atoms. The van der Waals surface area contributed by atoms with Gasteiger partial charge in [0.15, 0.2) is 0 Å². The van der Waals surface area contributed by atoms with Crippen molar-refractivity contribution in [2.24, 2.45) is 0 Å². The molecule has 0 spiro atoms. The Kier molecular flexibility index (Phi) is 9.06. The number of carboxylic acid groups (broad SMARTS) is 1. The van der Waals surface area contributed by atoms with Gasteiger partial charge in [-0.2, -0.15) is 0 Å². The third-order valence-corrected chi connectivity index (χ3v) is 5.22. The number of hydrogen-bond acceptors (Lipinski definition) is 8. The molecule has 11 heteroatoms. The fourth-order valence-corrected chi connectivity index (χ4v) is 3.23. The molecular formula is C26H22ClNO9. The van der Waals surface area contributed by atoms with E-state index < -0.39 is 36.0 Å². The normalized spacial score (nSPS) is 12.0. The standard InChI is InChI=1S/C26H22ClNO9/c1-34-19-7-3-5-15(13-19)25(32)36-21(23(29)28-18-11-9-17(27)10-12-18)22(24(30)31)37-26(33)16-6-4-8-20(14-16)35-2/h3-14,21-22H,1-2H3,(H,28,29)(H,30,31)/t21-,22+/m0/s1. The highest BCUT2D eigenvalue weighted by atomic mass is 35.5. The van der Waals surface area contributed by atoms with E-state index in [2.05, 4.69) is 5.32 Å². The van der Waals surface area contributed by atoms with Gasteiger partial charge in [0.05, 0.1) is 25.3 Å². The van der Waals surface area contributed by atoms with Crippen LogP contribution < -0.4 is 14.8 Å². The van der Waals surface area contributed by atoms with Crippen molar-refractivity contribution < 1.29 is 43.2 Å². The molecule has 0 saturated carbocycles. The van der Waals surface area contributed by atoms with Crippen molar-refractivity contribution in [3.8, 4) is 11.5 Å². The molecule has 3 aromatic carbocycles. The van der Waals surface area contributed by atoms with Gasteiger partial charge in [0.1, 0.15) is 11.5 Å². The van der Waals surface area contributed by atoms with Crippen LogP contribution in [-0.4, -0.2) is 55.3 Å². The fraction of sp³-hybridized carbons (Fsp3) is 0.154. The van der Waals surface area contributed by atoms with E-state index in [-0.39, 0.29) is 16.8 Å². The summed E-state index contributed by atoms with van der Waals surface area (Å²) < 4.78 is 20.6. The van der Waals surface area contributed by atoms with Crippen molar-refractivity contribution in [1.82, 2.24) is 0 Å². The lowest BCUT2D eigenvalue weighted by Gasteiger charge is -2.23. The maximum absolute atomic E-state index is 13.1. The van der Waals surface area contributed by atoms with Crippen LogP contribution in [0.25, 0.3) is 0 Å². The van der Waals surface area contributed by atoms with E-state index in [9.17, 15) is 24.3 Å². The summed E-state index contributed by atoms with van der Waals surface area (Å²) in [6, 6.07) is 17.5. The highest BCUT2D eigenvalue weighted by Crippen LogP contribution is 2.20. The van der Waals surface area contributed by atoms with E-state index in [0.29, 0.717) is 16.5 Å². The van der Waals surface area contributed by atoms with Crippen LogP contribution in [0.5, 0.6) is 11.5 Å². The summed E-state index contributed by atoms with van der Waals surface area (Å²) in [5, 5.41) is 12.7. The Balaban J connectivity index is 1.92. The number of anilines is 1. The molecule has 0 saturated heterocycles. The topological polar surface area (TPSA) is 137 Å². The Morgan fingerprint density at radius 2 is 1.24 bits per heavy atom. The number of esters is 2. The minimum absolute atomic E-state index is 0.0214. The number of ether oxygens (including phenoxy) is 4. The zero-order valence-corrected chi connectivity index (χ0v) is 20.4. The lowest BCUT2D eigenvalue weighted by Crippen LogP contribution is -2.48. The first-order valence-electron chi connectivity index (χ1n) is 10.7. The van der Waals surface area contributed by atoms with Crippen LogP contribution >= 0.6 is 11.6 Å². The smallest absolute Gasteiger partial charge is 0.349 e. The lowest BCUT2D eigenvalue weighted by atomic mass is 10.1. The van der Waals surface area contributed by atoms with Gasteiger partial charge in [0.25, 0.3) is 5.91 Å². The van der Waals surface area contributed by atoms with Gasteiger partial charge in [0, 0.05) is 10.7 Å². The maximum Gasteiger partial charge on any atom is 0.349 e. The van der Waals surface area contributed by atoms with Gasteiger partial charge in [-0.25, -0.2) is 14.4 Å². The van der Waals surface area contributed by atoms with E-state index in [0.717, 1.165) is 0 Å². The minimum Gasteiger partial charge on any atom is -0.497 e. The maximum atomic E-state index is 13.1. The van der Waals surface area contributed by atoms with E-state index in [1.54, 1.807) is 12.1 Å². The molecule has 0 aromatic heterocycles. The second-order valence-electron chi connectivity index (χ2n) is 7.45. The zero-order valence-electron chi connectivity index (χ0n) is 19.7. The number of carbonyl (C=O) groups excluding carboxylic acids is 3. The summed E-state index contributed by atoms with van der Waals surface area (Å²) >= 11 is 5.86. The third-order valence-electron chi connectivity index (χ3n) is 4.97. The molecule has 0 aliphatic carbocycles. The number of halogens is 1. The largest absolute Gasteiger partial charge is 0.497 e. The predicted octanol–water partition coefficient (Wildman–Crippen LogP) is 3.83. The van der Waals surface area contributed by atoms with Crippen molar-refractivity contribution in [2.45, 2.75) is 12.2 Å². The van der Waals surface area contributed by atoms with E-state index in [1.807, 2.05) is 0 Å². The SMILES string of the molecule is COc1cccc(C(=O)O[C@H](C(=O)Nc2ccc(Cl)cc2)[C@@H](OC(=O)c2cccc(OC)c2)C(=O)O)c1. The molecule has 192 valence electrons. The summed E-state index contributed by atoms with van der Waals surface area (Å²) in [5.74, 6) is -4.24. The predicted molar refractivity (Wildman–Crippen MR) is 132 cm³/mol. The Hall–Kier alpha value is -4.57. The number of benzene rings is 3. The zero-order chi connectivity index (χ0) is 26.9. The number of nitrogens with one attached hydrogen (secondary N) is 1. The molecule has 2 atom stereocenters. The van der Waals surface area contributed by atoms with Gasteiger partial charge in [-0.05, 0) is 60.7 Å². The van der Waals surface area contributed by atoms with Crippen LogP contribution in [-0.2, 0) is 19.1 Å². The molecule has 10 nitrogen and oxygen atoms in total. The average molecular weight is 528 g/mol. The van der Waals surface area contributed by atoms with E-state index in [1.165, 1.54) is 74.9 Å². The number of carbonyl (C=O) groups is 4. The van der Waals surface area contributed by atoms with Crippen LogP contribution in [0.1, 0.15) is 20.7 Å². The molecular weight excluding hydrogens is 506 g/mol. The highest BCUT2D eigenvalue weighted by Gasteiger charge is 2.41. The first kappa shape index (κ1) is 27.0. The summed E-state index contributed by atoms with van der Waals surface area (Å²) in [4.78, 5) is 50.9. The number of methoxy groups -OCH3 is 2. The summed E-state index contributed by atoms with van der Waals surface area (Å²) in [5.41, 5.74) is 0.175. The van der Waals surface area contributed by atoms with Crippen LogP contribution in [0.2, 0.25) is 5.02 Å². The Bertz CT molecular complexity index is 1290. The van der Waals surface area contributed by atoms with Gasteiger partial charge in [-0.15, -0.1) is 0 Å². The summed E-state index contributed by atoms with van der Waals surface area (Å²) in [6.07, 6.45) is -4.26. The fourth-order valence-electron chi connectivity index (χ4n) is 3.11. The van der Waals surface area contributed by atoms with Crippen molar-refractivity contribution >= 4 is 41.1 Å². The second kappa shape index (κ2) is 12.4. The van der Waals surface area contributed by atoms with Crippen molar-refractivity contribution in [2.75, 3.05) is 19.5 Å². The molecule has 0 unspecified atom stereocenters. The summed E-state index contributed by atoms with van der Waals surface area (Å²) in [7, 11) is 2.78. The van der Waals surface area contributed by atoms with Crippen molar-refractivity contribution in [3.05, 3.63) is 88.9 Å². The quantitative estimate of drug-likeness (QED) is 0.377. The summed E-state index contributed by atoms with van der Waals surface area (Å²) in [6.45, 7) is 0.